The van der Waals surface area contributed by atoms with E-state index >= 15 is 0 Å². The molecule has 0 aromatic heterocycles. The van der Waals surface area contributed by atoms with E-state index in [1.54, 1.807) is 0 Å². The summed E-state index contributed by atoms with van der Waals surface area (Å²) in [6.07, 6.45) is 0. The molecule has 0 aliphatic carbocycles. The zero-order valence-corrected chi connectivity index (χ0v) is 6.42. The molecule has 5 nitrogen and oxygen atoms in total. The first-order valence-electron chi connectivity index (χ1n) is 0. The van der Waals surface area contributed by atoms with Crippen molar-refractivity contribution in [1.29, 1.82) is 0 Å². The maximum Gasteiger partial charge on any atom is 0 e. The Labute approximate surface area is 63.3 Å². The van der Waals surface area contributed by atoms with Gasteiger partial charge in [-0.3, -0.25) is 0 Å². The normalized spacial score (nSPS) is 0. The van der Waals surface area contributed by atoms with Crippen LogP contribution in [0.1, 0.15) is 0 Å². The van der Waals surface area contributed by atoms with Crippen molar-refractivity contribution < 1.29 is 25.9 Å². The first kappa shape index (κ1) is 624. The molecule has 0 saturated carbocycles. The summed E-state index contributed by atoms with van der Waals surface area (Å²) in [5.41, 5.74) is 0. The maximum absolute atomic E-state index is 0. The quantitative estimate of drug-likeness (QED) is 0.436. The van der Waals surface area contributed by atoms with E-state index in [9.17, 15) is 0 Å². The molecule has 7 heavy (non-hydrogen) atoms. The van der Waals surface area contributed by atoms with Crippen molar-refractivity contribution in [3.05, 3.63) is 0 Å². The fourth-order valence-corrected chi connectivity index (χ4v) is 0. The molecular weight excluding hydrogens is 214 g/mol. The zero-order chi connectivity index (χ0) is 0. The Morgan fingerprint density at radius 2 is 0.571 bits per heavy atom. The summed E-state index contributed by atoms with van der Waals surface area (Å²) < 4.78 is 0. The molecule has 58 valence electrons. The molecule has 0 radical (unpaired) electrons. The van der Waals surface area contributed by atoms with E-state index in [1.807, 2.05) is 0 Å². The van der Waals surface area contributed by atoms with Gasteiger partial charge in [0.2, 0.25) is 0 Å². The third-order valence-corrected chi connectivity index (χ3v) is 0. The van der Waals surface area contributed by atoms with Gasteiger partial charge >= 0.3 is 0 Å². The van der Waals surface area contributed by atoms with Crippen LogP contribution < -0.4 is 24.6 Å². The van der Waals surface area contributed by atoms with Crippen LogP contribution >= 0.6 is 12.4 Å². The largest absolute Gasteiger partial charge is 0.412 e. The molecule has 14 N–H and O–H groups in total. The van der Waals surface area contributed by atoms with Crippen LogP contribution in [0.3, 0.4) is 0 Å². The Kier molecular flexibility index (Phi) is 35200. The van der Waals surface area contributed by atoms with Gasteiger partial charge in [-0.05, 0) is 0 Å². The van der Waals surface area contributed by atoms with Gasteiger partial charge in [0, 0.05) is 20.4 Å². The van der Waals surface area contributed by atoms with Crippen molar-refractivity contribution in [3.63, 3.8) is 0 Å². The molecule has 7 heteroatoms. The Bertz CT molecular complexity index is 11.7. The van der Waals surface area contributed by atoms with Crippen LogP contribution in [0.4, 0.5) is 0 Å². The smallest absolute Gasteiger partial charge is 0 e. The van der Waals surface area contributed by atoms with Gasteiger partial charge < -0.3 is 30.1 Å². The Morgan fingerprint density at radius 1 is 0.571 bits per heavy atom. The molecule has 0 atom stereocenters. The number of hydrogen-bond donors (Lipinski definition) is 4. The molecule has 0 aromatic rings. The summed E-state index contributed by atoms with van der Waals surface area (Å²) in [4.78, 5) is 0. The van der Waals surface area contributed by atoms with E-state index in [1.165, 1.54) is 0 Å². The molecular formula is H15ClN4OPd. The van der Waals surface area contributed by atoms with Crippen LogP contribution in [-0.2, 0) is 20.4 Å². The second kappa shape index (κ2) is 395. The second-order valence-electron chi connectivity index (χ2n) is 0. The van der Waals surface area contributed by atoms with Crippen molar-refractivity contribution in [1.82, 2.24) is 24.6 Å². The van der Waals surface area contributed by atoms with Crippen LogP contribution in [0.15, 0.2) is 0 Å². The van der Waals surface area contributed by atoms with Crippen molar-refractivity contribution in [2.45, 2.75) is 0 Å². The maximum atomic E-state index is 0. The minimum atomic E-state index is 0. The zero-order valence-electron chi connectivity index (χ0n) is 4.05. The monoisotopic (exact) mass is 228 g/mol. The minimum Gasteiger partial charge on any atom is -0.412 e. The van der Waals surface area contributed by atoms with Crippen molar-refractivity contribution >= 4 is 12.4 Å². The van der Waals surface area contributed by atoms with Crippen molar-refractivity contribution in [2.75, 3.05) is 0 Å². The predicted molar refractivity (Wildman–Crippen MR) is 31.0 cm³/mol. The van der Waals surface area contributed by atoms with Crippen LogP contribution in [0.5, 0.6) is 0 Å². The van der Waals surface area contributed by atoms with Gasteiger partial charge in [0.1, 0.15) is 0 Å². The molecule has 0 aromatic carbocycles. The molecule has 0 amide bonds. The van der Waals surface area contributed by atoms with E-state index in [0.29, 0.717) is 0 Å². The van der Waals surface area contributed by atoms with E-state index in [4.69, 9.17) is 0 Å². The molecule has 0 rings (SSSR count). The number of hydrogen-bond acceptors (Lipinski definition) is 4. The fraction of sp³-hybridized carbons (Fsp3) is 0. The topological polar surface area (TPSA) is 172 Å². The average molecular weight is 229 g/mol. The van der Waals surface area contributed by atoms with E-state index in [-0.39, 0.29) is 62.9 Å². The third kappa shape index (κ3) is 269. The Balaban J connectivity index is 0. The molecule has 0 aliphatic rings. The van der Waals surface area contributed by atoms with E-state index < -0.39 is 0 Å². The fourth-order valence-electron chi connectivity index (χ4n) is 0. The van der Waals surface area contributed by atoms with E-state index in [2.05, 4.69) is 0 Å². The van der Waals surface area contributed by atoms with Gasteiger partial charge in [-0.1, -0.05) is 0 Å². The minimum absolute atomic E-state index is 0. The first-order valence-corrected chi connectivity index (χ1v) is 0. The number of rotatable bonds is 0. The summed E-state index contributed by atoms with van der Waals surface area (Å²) in [6.45, 7) is 0. The molecule has 0 unspecified atom stereocenters. The van der Waals surface area contributed by atoms with Gasteiger partial charge in [-0.15, -0.1) is 12.4 Å². The summed E-state index contributed by atoms with van der Waals surface area (Å²) in [7, 11) is 0. The van der Waals surface area contributed by atoms with Gasteiger partial charge in [-0.25, -0.2) is 0 Å². The van der Waals surface area contributed by atoms with Crippen LogP contribution in [0.2, 0.25) is 0 Å². The molecule has 0 fully saturated rings. The molecule has 0 aliphatic heterocycles. The van der Waals surface area contributed by atoms with Gasteiger partial charge in [0.05, 0.1) is 0 Å². The van der Waals surface area contributed by atoms with Gasteiger partial charge in [0.15, 0.2) is 0 Å². The number of halogens is 1. The van der Waals surface area contributed by atoms with Crippen LogP contribution in [0, 0.1) is 0 Å². The predicted octanol–water partition coefficient (Wildman–Crippen LogP) is 0.243. The Hall–Kier alpha value is 0.752. The third-order valence-electron chi connectivity index (χ3n) is 0. The average Bonchev–Trinajstić information content (AvgIpc) is 0. The van der Waals surface area contributed by atoms with Gasteiger partial charge in [-0.2, -0.15) is 0 Å². The van der Waals surface area contributed by atoms with Crippen molar-refractivity contribution in [3.8, 4) is 0 Å². The van der Waals surface area contributed by atoms with Gasteiger partial charge in [0.25, 0.3) is 0 Å². The summed E-state index contributed by atoms with van der Waals surface area (Å²) in [5.74, 6) is 0. The molecule has 0 spiro atoms. The van der Waals surface area contributed by atoms with Crippen LogP contribution in [-0.4, -0.2) is 5.48 Å². The molecule has 0 heterocycles. The second-order valence-corrected chi connectivity index (χ2v) is 0. The standard InChI is InChI=1S/ClH.4H3N.H2O.Pd/h1H;4*1H3;1H2;. The van der Waals surface area contributed by atoms with E-state index in [0.717, 1.165) is 0 Å². The molecule has 0 bridgehead atoms. The Morgan fingerprint density at radius 3 is 0.571 bits per heavy atom. The SMILES string of the molecule is Cl.N.N.N.N.O.[Pd]. The summed E-state index contributed by atoms with van der Waals surface area (Å²) >= 11 is 0. The summed E-state index contributed by atoms with van der Waals surface area (Å²) in [6, 6.07) is 0. The summed E-state index contributed by atoms with van der Waals surface area (Å²) in [5, 5.41) is 0. The van der Waals surface area contributed by atoms with Crippen LogP contribution in [0.25, 0.3) is 0 Å². The molecule has 0 saturated heterocycles. The first-order chi connectivity index (χ1) is 0. The van der Waals surface area contributed by atoms with Crippen molar-refractivity contribution in [2.24, 2.45) is 0 Å².